The lowest BCUT2D eigenvalue weighted by Gasteiger charge is -2.34. The fraction of sp³-hybridized carbons (Fsp3) is 0.917. The average molecular weight is 228 g/mol. The lowest BCUT2D eigenvalue weighted by atomic mass is 9.96. The number of nitrogens with zero attached hydrogens (tertiary/aromatic N) is 1. The quantitative estimate of drug-likeness (QED) is 0.773. The number of halogens is 1. The van der Waals surface area contributed by atoms with Gasteiger partial charge in [0, 0.05) is 13.1 Å². The average Bonchev–Trinajstić information content (AvgIpc) is 2.39. The Balaban J connectivity index is 1.81. The molecule has 1 N–H and O–H groups in total. The van der Waals surface area contributed by atoms with Crippen LogP contribution in [0.5, 0.6) is 0 Å². The molecule has 2 saturated heterocycles. The number of hydrogen-bond acceptors (Lipinski definition) is 2. The van der Waals surface area contributed by atoms with Crippen LogP contribution in [0.25, 0.3) is 0 Å². The van der Waals surface area contributed by atoms with Gasteiger partial charge in [0.15, 0.2) is 0 Å². The largest absolute Gasteiger partial charge is 0.341 e. The molecule has 2 aliphatic heterocycles. The van der Waals surface area contributed by atoms with E-state index in [-0.39, 0.29) is 24.5 Å². The lowest BCUT2D eigenvalue weighted by Crippen LogP contribution is -2.50. The van der Waals surface area contributed by atoms with Crippen molar-refractivity contribution in [1.29, 1.82) is 0 Å². The van der Waals surface area contributed by atoms with Gasteiger partial charge in [0.05, 0.1) is 12.7 Å². The number of hydrogen-bond donors (Lipinski definition) is 1. The Morgan fingerprint density at radius 2 is 2.00 bits per heavy atom. The molecule has 1 amide bonds. The highest BCUT2D eigenvalue weighted by molar-refractivity contribution is 5.82. The highest BCUT2D eigenvalue weighted by atomic mass is 19.1. The zero-order valence-electron chi connectivity index (χ0n) is 9.75. The molecule has 0 aliphatic carbocycles. The van der Waals surface area contributed by atoms with Crippen molar-refractivity contribution in [2.24, 2.45) is 5.92 Å². The zero-order valence-corrected chi connectivity index (χ0v) is 9.75. The van der Waals surface area contributed by atoms with Crippen molar-refractivity contribution in [3.63, 3.8) is 0 Å². The standard InChI is InChI=1S/C12H21FN2O/c13-9-10-4-7-15(8-5-10)12(16)11-3-1-2-6-14-11/h10-11,14H,1-9H2/t11-/m0/s1. The molecule has 0 spiro atoms. The molecule has 2 heterocycles. The van der Waals surface area contributed by atoms with E-state index in [9.17, 15) is 9.18 Å². The van der Waals surface area contributed by atoms with Gasteiger partial charge in [-0.2, -0.15) is 0 Å². The number of piperidine rings is 2. The van der Waals surface area contributed by atoms with Crippen molar-refractivity contribution in [2.75, 3.05) is 26.3 Å². The number of carbonyl (C=O) groups excluding carboxylic acids is 1. The molecule has 4 heteroatoms. The van der Waals surface area contributed by atoms with Crippen molar-refractivity contribution in [3.8, 4) is 0 Å². The van der Waals surface area contributed by atoms with Gasteiger partial charge in [-0.1, -0.05) is 6.42 Å². The molecular weight excluding hydrogens is 207 g/mol. The van der Waals surface area contributed by atoms with Crippen LogP contribution < -0.4 is 5.32 Å². The zero-order chi connectivity index (χ0) is 11.4. The van der Waals surface area contributed by atoms with Crippen LogP contribution in [-0.2, 0) is 4.79 Å². The molecule has 0 aromatic rings. The Bertz CT molecular complexity index is 233. The normalized spacial score (nSPS) is 28.1. The summed E-state index contributed by atoms with van der Waals surface area (Å²) in [5, 5.41) is 3.28. The van der Waals surface area contributed by atoms with E-state index >= 15 is 0 Å². The van der Waals surface area contributed by atoms with Crippen LogP contribution in [-0.4, -0.2) is 43.2 Å². The van der Waals surface area contributed by atoms with Crippen LogP contribution in [0.1, 0.15) is 32.1 Å². The van der Waals surface area contributed by atoms with Crippen molar-refractivity contribution in [2.45, 2.75) is 38.1 Å². The molecule has 0 unspecified atom stereocenters. The summed E-state index contributed by atoms with van der Waals surface area (Å²) < 4.78 is 12.4. The van der Waals surface area contributed by atoms with Gasteiger partial charge in [-0.25, -0.2) is 0 Å². The number of alkyl halides is 1. The van der Waals surface area contributed by atoms with Crippen LogP contribution in [0.3, 0.4) is 0 Å². The third-order valence-electron chi connectivity index (χ3n) is 3.75. The predicted octanol–water partition coefficient (Wildman–Crippen LogP) is 1.34. The Morgan fingerprint density at radius 1 is 1.25 bits per heavy atom. The van der Waals surface area contributed by atoms with E-state index in [1.165, 1.54) is 6.42 Å². The summed E-state index contributed by atoms with van der Waals surface area (Å²) in [6, 6.07) is 0.0238. The number of rotatable bonds is 2. The summed E-state index contributed by atoms with van der Waals surface area (Å²) in [6.07, 6.45) is 4.93. The fourth-order valence-corrected chi connectivity index (χ4v) is 2.59. The Kier molecular flexibility index (Phi) is 4.16. The van der Waals surface area contributed by atoms with Gasteiger partial charge in [0.1, 0.15) is 0 Å². The molecular formula is C12H21FN2O. The fourth-order valence-electron chi connectivity index (χ4n) is 2.59. The minimum absolute atomic E-state index is 0.0238. The van der Waals surface area contributed by atoms with E-state index in [0.29, 0.717) is 0 Å². The molecule has 0 bridgehead atoms. The van der Waals surface area contributed by atoms with Crippen LogP contribution >= 0.6 is 0 Å². The van der Waals surface area contributed by atoms with Crippen molar-refractivity contribution in [3.05, 3.63) is 0 Å². The number of amides is 1. The molecule has 92 valence electrons. The Hall–Kier alpha value is -0.640. The molecule has 0 saturated carbocycles. The van der Waals surface area contributed by atoms with Gasteiger partial charge in [-0.15, -0.1) is 0 Å². The summed E-state index contributed by atoms with van der Waals surface area (Å²) in [7, 11) is 0. The van der Waals surface area contributed by atoms with E-state index in [1.54, 1.807) is 0 Å². The summed E-state index contributed by atoms with van der Waals surface area (Å²) in [5.74, 6) is 0.417. The van der Waals surface area contributed by atoms with Gasteiger partial charge in [-0.3, -0.25) is 9.18 Å². The van der Waals surface area contributed by atoms with E-state index < -0.39 is 0 Å². The van der Waals surface area contributed by atoms with Gasteiger partial charge in [0.2, 0.25) is 5.91 Å². The second-order valence-electron chi connectivity index (χ2n) is 4.93. The smallest absolute Gasteiger partial charge is 0.239 e. The van der Waals surface area contributed by atoms with E-state index in [0.717, 1.165) is 45.3 Å². The first-order valence-corrected chi connectivity index (χ1v) is 6.39. The highest BCUT2D eigenvalue weighted by Crippen LogP contribution is 2.19. The van der Waals surface area contributed by atoms with Crippen molar-refractivity contribution >= 4 is 5.91 Å². The van der Waals surface area contributed by atoms with Gasteiger partial charge in [-0.05, 0) is 38.1 Å². The van der Waals surface area contributed by atoms with E-state index in [1.807, 2.05) is 4.90 Å². The van der Waals surface area contributed by atoms with Crippen LogP contribution in [0.15, 0.2) is 0 Å². The SMILES string of the molecule is O=C([C@@H]1CCCCN1)N1CCC(CF)CC1. The molecule has 2 aliphatic rings. The second kappa shape index (κ2) is 5.62. The second-order valence-corrected chi connectivity index (χ2v) is 4.93. The predicted molar refractivity (Wildman–Crippen MR) is 60.9 cm³/mol. The minimum atomic E-state index is -0.232. The van der Waals surface area contributed by atoms with Crippen LogP contribution in [0.2, 0.25) is 0 Å². The summed E-state index contributed by atoms with van der Waals surface area (Å²) >= 11 is 0. The maximum atomic E-state index is 12.4. The van der Waals surface area contributed by atoms with Crippen molar-refractivity contribution in [1.82, 2.24) is 10.2 Å². The first-order valence-electron chi connectivity index (χ1n) is 6.39. The molecule has 3 nitrogen and oxygen atoms in total. The van der Waals surface area contributed by atoms with Crippen molar-refractivity contribution < 1.29 is 9.18 Å². The molecule has 2 rings (SSSR count). The first kappa shape index (κ1) is 11.8. The highest BCUT2D eigenvalue weighted by Gasteiger charge is 2.28. The van der Waals surface area contributed by atoms with Gasteiger partial charge < -0.3 is 10.2 Å². The topological polar surface area (TPSA) is 32.3 Å². The van der Waals surface area contributed by atoms with Gasteiger partial charge >= 0.3 is 0 Å². The summed E-state index contributed by atoms with van der Waals surface area (Å²) in [5.41, 5.74) is 0. The summed E-state index contributed by atoms with van der Waals surface area (Å²) in [6.45, 7) is 2.21. The monoisotopic (exact) mass is 228 g/mol. The molecule has 2 fully saturated rings. The maximum Gasteiger partial charge on any atom is 0.239 e. The number of carbonyl (C=O) groups is 1. The summed E-state index contributed by atoms with van der Waals surface area (Å²) in [4.78, 5) is 14.0. The lowest BCUT2D eigenvalue weighted by molar-refractivity contribution is -0.135. The molecule has 16 heavy (non-hydrogen) atoms. The molecule has 1 atom stereocenters. The number of likely N-dealkylation sites (tertiary alicyclic amines) is 1. The Morgan fingerprint density at radius 3 is 2.56 bits per heavy atom. The molecule has 0 radical (unpaired) electrons. The minimum Gasteiger partial charge on any atom is -0.341 e. The van der Waals surface area contributed by atoms with E-state index in [4.69, 9.17) is 0 Å². The maximum absolute atomic E-state index is 12.4. The Labute approximate surface area is 96.4 Å². The van der Waals surface area contributed by atoms with Crippen LogP contribution in [0.4, 0.5) is 4.39 Å². The third-order valence-corrected chi connectivity index (χ3v) is 3.75. The molecule has 0 aromatic heterocycles. The molecule has 0 aromatic carbocycles. The van der Waals surface area contributed by atoms with Gasteiger partial charge in [0.25, 0.3) is 0 Å². The number of nitrogens with one attached hydrogen (secondary N) is 1. The van der Waals surface area contributed by atoms with E-state index in [2.05, 4.69) is 5.32 Å². The first-order chi connectivity index (χ1) is 7.81. The third kappa shape index (κ3) is 2.73. The van der Waals surface area contributed by atoms with Crippen LogP contribution in [0, 0.1) is 5.92 Å².